The van der Waals surface area contributed by atoms with Gasteiger partial charge in [-0.15, -0.1) is 13.2 Å². The fourth-order valence-corrected chi connectivity index (χ4v) is 4.34. The third-order valence-corrected chi connectivity index (χ3v) is 6.11. The molecule has 2 N–H and O–H groups in total. The van der Waals surface area contributed by atoms with Crippen molar-refractivity contribution in [1.29, 1.82) is 0 Å². The van der Waals surface area contributed by atoms with Gasteiger partial charge in [0, 0.05) is 6.54 Å². The van der Waals surface area contributed by atoms with Gasteiger partial charge in [0.2, 0.25) is 5.91 Å². The number of likely N-dealkylation sites (tertiary alicyclic amines) is 1. The van der Waals surface area contributed by atoms with Gasteiger partial charge < -0.3 is 29.5 Å². The molecule has 1 aromatic rings. The van der Waals surface area contributed by atoms with Crippen molar-refractivity contribution in [2.75, 3.05) is 19.6 Å². The fourth-order valence-electron chi connectivity index (χ4n) is 4.34. The second-order valence-electron chi connectivity index (χ2n) is 8.89. The summed E-state index contributed by atoms with van der Waals surface area (Å²) in [6, 6.07) is 4.44. The number of hydrogen-bond acceptors (Lipinski definition) is 6. The zero-order valence-corrected chi connectivity index (χ0v) is 19.7. The number of nitrogens with zero attached hydrogens (tertiary/aromatic N) is 1. The van der Waals surface area contributed by atoms with Gasteiger partial charge in [-0.3, -0.25) is 4.79 Å². The largest absolute Gasteiger partial charge is 0.573 e. The van der Waals surface area contributed by atoms with Gasteiger partial charge in [0.25, 0.3) is 0 Å². The second kappa shape index (κ2) is 11.7. The fraction of sp³-hybridized carbons (Fsp3) is 0.423. The van der Waals surface area contributed by atoms with E-state index in [1.165, 1.54) is 24.7 Å². The minimum atomic E-state index is -4.78. The lowest BCUT2D eigenvalue weighted by Crippen LogP contribution is -2.51. The van der Waals surface area contributed by atoms with E-state index in [1.54, 1.807) is 0 Å². The maximum Gasteiger partial charge on any atom is 0.573 e. The minimum Gasteiger partial charge on any atom is -0.465 e. The number of carbonyl (C=O) groups excluding carboxylic acids is 1. The quantitative estimate of drug-likeness (QED) is 0.526. The van der Waals surface area contributed by atoms with Gasteiger partial charge in [-0.25, -0.2) is 0 Å². The number of nitrogens with one attached hydrogen (secondary N) is 1. The van der Waals surface area contributed by atoms with Gasteiger partial charge in [-0.05, 0) is 62.0 Å². The predicted molar refractivity (Wildman–Crippen MR) is 125 cm³/mol. The van der Waals surface area contributed by atoms with E-state index in [4.69, 9.17) is 9.47 Å². The minimum absolute atomic E-state index is 0.0731. The van der Waals surface area contributed by atoms with Crippen LogP contribution in [0.5, 0.6) is 5.75 Å². The highest BCUT2D eigenvalue weighted by atomic mass is 19.4. The summed E-state index contributed by atoms with van der Waals surface area (Å²) in [6.45, 7) is 2.14. The molecule has 36 heavy (non-hydrogen) atoms. The smallest absolute Gasteiger partial charge is 0.465 e. The summed E-state index contributed by atoms with van der Waals surface area (Å²) >= 11 is 0. The Morgan fingerprint density at radius 2 is 1.92 bits per heavy atom. The molecule has 1 aliphatic carbocycles. The molecule has 2 heterocycles. The summed E-state index contributed by atoms with van der Waals surface area (Å²) < 4.78 is 52.4. The second-order valence-corrected chi connectivity index (χ2v) is 8.89. The molecule has 0 aromatic heterocycles. The maximum absolute atomic E-state index is 12.8. The molecule has 194 valence electrons. The summed E-state index contributed by atoms with van der Waals surface area (Å²) in [7, 11) is 0. The van der Waals surface area contributed by atoms with Crippen LogP contribution in [-0.2, 0) is 20.7 Å². The Labute approximate surface area is 207 Å². The Kier molecular flexibility index (Phi) is 8.37. The molecule has 1 aromatic carbocycles. The first-order chi connectivity index (χ1) is 17.3. The molecule has 0 radical (unpaired) electrons. The van der Waals surface area contributed by atoms with Crippen LogP contribution in [0.25, 0.3) is 0 Å². The van der Waals surface area contributed by atoms with Crippen LogP contribution in [-0.4, -0.2) is 54.1 Å². The van der Waals surface area contributed by atoms with E-state index < -0.39 is 18.5 Å². The van der Waals surface area contributed by atoms with Crippen LogP contribution in [0.4, 0.5) is 13.2 Å². The number of halogens is 3. The van der Waals surface area contributed by atoms with E-state index >= 15 is 0 Å². The SMILES string of the molecule is O=C(Cc1ccc(OC(F)(F)F)cc1)N[C@H](CN1CCCC1)[C@@H](O)C1=COC=C(C2=CC=CCC2)O1. The van der Waals surface area contributed by atoms with Gasteiger partial charge in [-0.2, -0.15) is 0 Å². The van der Waals surface area contributed by atoms with Gasteiger partial charge in [-0.1, -0.05) is 30.4 Å². The lowest BCUT2D eigenvalue weighted by atomic mass is 10.0. The molecule has 10 heteroatoms. The normalized spacial score (nSPS) is 19.8. The standard InChI is InChI=1S/C26H29F3N2O5/c27-26(28,29)36-20-10-8-18(9-11-20)14-24(32)30-21(15-31-12-4-5-13-31)25(33)23-17-34-16-22(35-23)19-6-2-1-3-7-19/h1-2,6,8-11,16-17,21,25,33H,3-5,7,12-15H2,(H,30,32)/t21-,25-/m1/s1. The zero-order chi connectivity index (χ0) is 25.5. The average Bonchev–Trinajstić information content (AvgIpc) is 3.37. The molecule has 2 aliphatic heterocycles. The van der Waals surface area contributed by atoms with Crippen LogP contribution in [0, 0.1) is 0 Å². The Balaban J connectivity index is 1.40. The van der Waals surface area contributed by atoms with Crippen molar-refractivity contribution >= 4 is 5.91 Å². The van der Waals surface area contributed by atoms with Crippen molar-refractivity contribution in [3.8, 4) is 5.75 Å². The van der Waals surface area contributed by atoms with Crippen LogP contribution in [0.3, 0.4) is 0 Å². The summed E-state index contributed by atoms with van der Waals surface area (Å²) in [5.74, 6) is -0.0248. The summed E-state index contributed by atoms with van der Waals surface area (Å²) in [5, 5.41) is 14.0. The Morgan fingerprint density at radius 1 is 1.17 bits per heavy atom. The van der Waals surface area contributed by atoms with Crippen LogP contribution in [0.1, 0.15) is 31.2 Å². The van der Waals surface area contributed by atoms with E-state index in [9.17, 15) is 23.1 Å². The van der Waals surface area contributed by atoms with Crippen LogP contribution in [0.2, 0.25) is 0 Å². The lowest BCUT2D eigenvalue weighted by Gasteiger charge is -2.31. The third-order valence-electron chi connectivity index (χ3n) is 6.11. The molecule has 1 saturated heterocycles. The first-order valence-electron chi connectivity index (χ1n) is 11.9. The van der Waals surface area contributed by atoms with Crippen molar-refractivity contribution in [2.24, 2.45) is 0 Å². The number of alkyl halides is 3. The van der Waals surface area contributed by atoms with Crippen molar-refractivity contribution < 1.29 is 37.3 Å². The number of hydrogen-bond donors (Lipinski definition) is 2. The van der Waals surface area contributed by atoms with Gasteiger partial charge in [0.1, 0.15) is 24.4 Å². The molecule has 7 nitrogen and oxygen atoms in total. The summed E-state index contributed by atoms with van der Waals surface area (Å²) in [4.78, 5) is 15.0. The molecule has 0 unspecified atom stereocenters. The molecule has 1 fully saturated rings. The first kappa shape index (κ1) is 25.8. The number of allylic oxidation sites excluding steroid dienone is 4. The molecule has 0 saturated carbocycles. The molecular weight excluding hydrogens is 477 g/mol. The summed E-state index contributed by atoms with van der Waals surface area (Å²) in [6.07, 6.45) is 6.47. The van der Waals surface area contributed by atoms with Crippen molar-refractivity contribution in [1.82, 2.24) is 10.2 Å². The first-order valence-corrected chi connectivity index (χ1v) is 11.9. The maximum atomic E-state index is 12.8. The number of ether oxygens (including phenoxy) is 3. The average molecular weight is 507 g/mol. The number of aliphatic hydroxyl groups excluding tert-OH is 1. The van der Waals surface area contributed by atoms with E-state index in [2.05, 4.69) is 21.0 Å². The van der Waals surface area contributed by atoms with Gasteiger partial charge >= 0.3 is 6.36 Å². The Hall–Kier alpha value is -3.24. The van der Waals surface area contributed by atoms with Crippen LogP contribution < -0.4 is 10.1 Å². The highest BCUT2D eigenvalue weighted by Gasteiger charge is 2.32. The highest BCUT2D eigenvalue weighted by molar-refractivity contribution is 5.79. The summed E-state index contributed by atoms with van der Waals surface area (Å²) in [5.41, 5.74) is 1.46. The van der Waals surface area contributed by atoms with Gasteiger partial charge in [0.05, 0.1) is 12.5 Å². The molecule has 2 atom stereocenters. The number of carbonyl (C=O) groups is 1. The molecular formula is C26H29F3N2O5. The number of rotatable bonds is 9. The molecule has 1 amide bonds. The van der Waals surface area contributed by atoms with Crippen molar-refractivity contribution in [2.45, 2.75) is 50.6 Å². The van der Waals surface area contributed by atoms with E-state index in [0.717, 1.165) is 56.5 Å². The topological polar surface area (TPSA) is 80.3 Å². The predicted octanol–water partition coefficient (Wildman–Crippen LogP) is 4.08. The molecule has 0 spiro atoms. The lowest BCUT2D eigenvalue weighted by molar-refractivity contribution is -0.274. The zero-order valence-electron chi connectivity index (χ0n) is 19.7. The highest BCUT2D eigenvalue weighted by Crippen LogP contribution is 2.28. The molecule has 3 aliphatic rings. The van der Waals surface area contributed by atoms with Crippen molar-refractivity contribution in [3.63, 3.8) is 0 Å². The monoisotopic (exact) mass is 506 g/mol. The van der Waals surface area contributed by atoms with E-state index in [0.29, 0.717) is 17.9 Å². The number of aliphatic hydroxyl groups is 1. The number of amides is 1. The van der Waals surface area contributed by atoms with Crippen LogP contribution >= 0.6 is 0 Å². The Morgan fingerprint density at radius 3 is 2.58 bits per heavy atom. The molecule has 4 rings (SSSR count). The van der Waals surface area contributed by atoms with E-state index in [1.807, 2.05) is 12.2 Å². The van der Waals surface area contributed by atoms with E-state index in [-0.39, 0.29) is 23.8 Å². The Bertz CT molecular complexity index is 1040. The van der Waals surface area contributed by atoms with Crippen molar-refractivity contribution in [3.05, 3.63) is 77.7 Å². The van der Waals surface area contributed by atoms with Crippen LogP contribution in [0.15, 0.2) is 72.1 Å². The third kappa shape index (κ3) is 7.38. The molecule has 0 bridgehead atoms. The van der Waals surface area contributed by atoms with Gasteiger partial charge in [0.15, 0.2) is 11.5 Å². The number of benzene rings is 1.